The first-order valence-electron chi connectivity index (χ1n) is 12.5. The van der Waals surface area contributed by atoms with Gasteiger partial charge in [0.25, 0.3) is 0 Å². The van der Waals surface area contributed by atoms with Crippen molar-refractivity contribution in [1.82, 2.24) is 10.2 Å². The van der Waals surface area contributed by atoms with Gasteiger partial charge in [-0.25, -0.2) is 9.59 Å². The van der Waals surface area contributed by atoms with Crippen LogP contribution in [0.5, 0.6) is 5.75 Å². The van der Waals surface area contributed by atoms with Crippen molar-refractivity contribution in [1.29, 1.82) is 0 Å². The summed E-state index contributed by atoms with van der Waals surface area (Å²) in [5, 5.41) is 12.3. The quantitative estimate of drug-likeness (QED) is 0.289. The average molecular weight is 465 g/mol. The lowest BCUT2D eigenvalue weighted by atomic mass is 10.1. The van der Waals surface area contributed by atoms with Crippen molar-refractivity contribution in [3.05, 3.63) is 29.8 Å². The predicted octanol–water partition coefficient (Wildman–Crippen LogP) is 5.27. The van der Waals surface area contributed by atoms with E-state index < -0.39 is 12.1 Å². The molecule has 7 heteroatoms. The molecule has 0 spiro atoms. The van der Waals surface area contributed by atoms with Crippen LogP contribution >= 0.6 is 0 Å². The maximum atomic E-state index is 12.7. The Bertz CT molecular complexity index is 665. The van der Waals surface area contributed by atoms with E-state index >= 15 is 0 Å². The minimum Gasteiger partial charge on any atom is -0.492 e. The summed E-state index contributed by atoms with van der Waals surface area (Å²) in [4.78, 5) is 25.8. The molecule has 0 heterocycles. The van der Waals surface area contributed by atoms with Gasteiger partial charge in [0.2, 0.25) is 0 Å². The van der Waals surface area contributed by atoms with Crippen molar-refractivity contribution in [2.24, 2.45) is 0 Å². The Morgan fingerprint density at radius 1 is 1.00 bits per heavy atom. The molecule has 2 N–H and O–H groups in total. The van der Waals surface area contributed by atoms with E-state index in [0.717, 1.165) is 31.4 Å². The summed E-state index contributed by atoms with van der Waals surface area (Å²) in [5.41, 5.74) is 0.876. The van der Waals surface area contributed by atoms with Crippen LogP contribution in [0.1, 0.15) is 78.2 Å². The Morgan fingerprint density at radius 3 is 2.27 bits per heavy atom. The monoisotopic (exact) mass is 464 g/mol. The first-order valence-corrected chi connectivity index (χ1v) is 12.5. The summed E-state index contributed by atoms with van der Waals surface area (Å²) >= 11 is 0. The van der Waals surface area contributed by atoms with E-state index in [1.807, 2.05) is 36.1 Å². The topological polar surface area (TPSA) is 88.1 Å². The minimum absolute atomic E-state index is 0.0347. The lowest BCUT2D eigenvalue weighted by Crippen LogP contribution is -2.45. The van der Waals surface area contributed by atoms with Crippen LogP contribution in [0.4, 0.5) is 4.79 Å². The average Bonchev–Trinajstić information content (AvgIpc) is 2.80. The Labute approximate surface area is 199 Å². The molecule has 0 saturated carbocycles. The summed E-state index contributed by atoms with van der Waals surface area (Å²) in [6.45, 7) is 10.1. The van der Waals surface area contributed by atoms with E-state index in [-0.39, 0.29) is 12.1 Å². The first-order chi connectivity index (χ1) is 15.9. The van der Waals surface area contributed by atoms with E-state index in [2.05, 4.69) is 19.2 Å². The van der Waals surface area contributed by atoms with E-state index in [4.69, 9.17) is 9.47 Å². The molecule has 2 amide bonds. The molecule has 188 valence electrons. The highest BCUT2D eigenvalue weighted by molar-refractivity contribution is 5.74. The van der Waals surface area contributed by atoms with Gasteiger partial charge in [0.05, 0.1) is 6.54 Å². The van der Waals surface area contributed by atoms with Crippen LogP contribution in [0.15, 0.2) is 24.3 Å². The van der Waals surface area contributed by atoms with Crippen molar-refractivity contribution in [3.8, 4) is 5.75 Å². The molecule has 0 aliphatic carbocycles. The number of nitrogens with zero attached hydrogens (tertiary/aromatic N) is 1. The zero-order valence-corrected chi connectivity index (χ0v) is 21.0. The number of carboxylic acids is 1. The second kappa shape index (κ2) is 17.2. The first kappa shape index (κ1) is 28.8. The molecule has 0 saturated heterocycles. The van der Waals surface area contributed by atoms with Crippen LogP contribution in [-0.4, -0.2) is 60.5 Å². The fourth-order valence-electron chi connectivity index (χ4n) is 3.43. The second-order valence-corrected chi connectivity index (χ2v) is 8.49. The molecule has 2 atom stereocenters. The minimum atomic E-state index is -0.960. The van der Waals surface area contributed by atoms with Gasteiger partial charge in [-0.3, -0.25) is 0 Å². The number of carboxylic acid groups (broad SMARTS) is 1. The van der Waals surface area contributed by atoms with Crippen LogP contribution in [0.2, 0.25) is 0 Å². The van der Waals surface area contributed by atoms with Gasteiger partial charge in [0, 0.05) is 25.6 Å². The van der Waals surface area contributed by atoms with Gasteiger partial charge in [0.15, 0.2) is 6.10 Å². The fraction of sp³-hybridized carbons (Fsp3) is 0.692. The summed E-state index contributed by atoms with van der Waals surface area (Å²) in [6.07, 6.45) is 7.46. The van der Waals surface area contributed by atoms with Crippen molar-refractivity contribution in [2.75, 3.05) is 26.3 Å². The Balaban J connectivity index is 2.54. The molecule has 33 heavy (non-hydrogen) atoms. The number of hydrogen-bond acceptors (Lipinski definition) is 4. The normalized spacial score (nSPS) is 12.7. The zero-order valence-electron chi connectivity index (χ0n) is 21.0. The molecule has 0 fully saturated rings. The highest BCUT2D eigenvalue weighted by Crippen LogP contribution is 2.15. The number of benzene rings is 1. The number of carbonyl (C=O) groups excluding carboxylic acids is 1. The van der Waals surface area contributed by atoms with E-state index in [1.54, 1.807) is 6.92 Å². The van der Waals surface area contributed by atoms with Crippen molar-refractivity contribution >= 4 is 12.0 Å². The number of nitrogens with one attached hydrogen (secondary N) is 1. The Kier molecular flexibility index (Phi) is 15.0. The standard InChI is InChI=1S/C26H44N2O5/c1-5-8-9-10-11-12-17-28(26(31)27-21(4)6-2)18-19-33-23-15-13-22(14-16-23)20-24(25(29)30)32-7-3/h13-16,21,24H,5-12,17-20H2,1-4H3,(H,27,31)(H,29,30). The molecule has 7 nitrogen and oxygen atoms in total. The number of aliphatic carboxylic acids is 1. The lowest BCUT2D eigenvalue weighted by molar-refractivity contribution is -0.149. The summed E-state index contributed by atoms with van der Waals surface area (Å²) in [7, 11) is 0. The van der Waals surface area contributed by atoms with Gasteiger partial charge in [-0.05, 0) is 44.4 Å². The zero-order chi connectivity index (χ0) is 24.5. The third kappa shape index (κ3) is 12.5. The molecule has 0 aliphatic heterocycles. The van der Waals surface area contributed by atoms with Gasteiger partial charge < -0.3 is 24.8 Å². The van der Waals surface area contributed by atoms with E-state index in [0.29, 0.717) is 31.9 Å². The van der Waals surface area contributed by atoms with Gasteiger partial charge in [0.1, 0.15) is 12.4 Å². The molecule has 0 aliphatic rings. The van der Waals surface area contributed by atoms with E-state index in [1.165, 1.54) is 25.7 Å². The highest BCUT2D eigenvalue weighted by atomic mass is 16.5. The molecule has 0 bridgehead atoms. The third-order valence-corrected chi connectivity index (χ3v) is 5.67. The third-order valence-electron chi connectivity index (χ3n) is 5.67. The van der Waals surface area contributed by atoms with Crippen LogP contribution in [0.3, 0.4) is 0 Å². The Morgan fingerprint density at radius 2 is 1.67 bits per heavy atom. The predicted molar refractivity (Wildman–Crippen MR) is 132 cm³/mol. The van der Waals surface area contributed by atoms with Crippen molar-refractivity contribution in [2.45, 2.75) is 91.2 Å². The number of amides is 2. The van der Waals surface area contributed by atoms with Crippen LogP contribution < -0.4 is 10.1 Å². The number of urea groups is 1. The molecular weight excluding hydrogens is 420 g/mol. The molecule has 1 aromatic rings. The largest absolute Gasteiger partial charge is 0.492 e. The molecule has 1 rings (SSSR count). The van der Waals surface area contributed by atoms with Gasteiger partial charge in [-0.15, -0.1) is 0 Å². The molecule has 0 aromatic heterocycles. The SMILES string of the molecule is CCCCCCCCN(CCOc1ccc(CC(OCC)C(=O)O)cc1)C(=O)NC(C)CC. The van der Waals surface area contributed by atoms with E-state index in [9.17, 15) is 14.7 Å². The second-order valence-electron chi connectivity index (χ2n) is 8.49. The lowest BCUT2D eigenvalue weighted by Gasteiger charge is -2.25. The number of unbranched alkanes of at least 4 members (excludes halogenated alkanes) is 5. The van der Waals surface area contributed by atoms with Crippen molar-refractivity contribution < 1.29 is 24.2 Å². The maximum Gasteiger partial charge on any atom is 0.333 e. The fourth-order valence-corrected chi connectivity index (χ4v) is 3.43. The van der Waals surface area contributed by atoms with Crippen LogP contribution in [-0.2, 0) is 16.0 Å². The summed E-state index contributed by atoms with van der Waals surface area (Å²) < 4.78 is 11.1. The number of hydrogen-bond donors (Lipinski definition) is 2. The number of ether oxygens (including phenoxy) is 2. The van der Waals surface area contributed by atoms with Gasteiger partial charge in [-0.1, -0.05) is 58.1 Å². The van der Waals surface area contributed by atoms with Gasteiger partial charge >= 0.3 is 12.0 Å². The summed E-state index contributed by atoms with van der Waals surface area (Å²) in [6, 6.07) is 7.48. The number of carbonyl (C=O) groups is 2. The highest BCUT2D eigenvalue weighted by Gasteiger charge is 2.18. The Hall–Kier alpha value is -2.28. The van der Waals surface area contributed by atoms with Crippen molar-refractivity contribution in [3.63, 3.8) is 0 Å². The van der Waals surface area contributed by atoms with Gasteiger partial charge in [-0.2, -0.15) is 0 Å². The molecule has 0 radical (unpaired) electrons. The maximum absolute atomic E-state index is 12.7. The summed E-state index contributed by atoms with van der Waals surface area (Å²) in [5.74, 6) is -0.262. The molecule has 1 aromatic carbocycles. The number of rotatable bonds is 18. The van der Waals surface area contributed by atoms with Crippen LogP contribution in [0.25, 0.3) is 0 Å². The molecular formula is C26H44N2O5. The molecule has 2 unspecified atom stereocenters. The smallest absolute Gasteiger partial charge is 0.333 e. The van der Waals surface area contributed by atoms with Crippen LogP contribution in [0, 0.1) is 0 Å².